The Balaban J connectivity index is 3.49. The van der Waals surface area contributed by atoms with Crippen molar-refractivity contribution in [2.75, 3.05) is 0 Å². The molecule has 1 rings (SSSR count). The molecule has 0 amide bonds. The van der Waals surface area contributed by atoms with E-state index in [2.05, 4.69) is 0 Å². The van der Waals surface area contributed by atoms with Gasteiger partial charge in [-0.25, -0.2) is 27.1 Å². The summed E-state index contributed by atoms with van der Waals surface area (Å²) in [5.74, 6) is 0. The van der Waals surface area contributed by atoms with Crippen molar-refractivity contribution < 1.29 is 16.8 Å². The predicted molar refractivity (Wildman–Crippen MR) is 51.8 cm³/mol. The van der Waals surface area contributed by atoms with Gasteiger partial charge in [0.2, 0.25) is 20.0 Å². The highest BCUT2D eigenvalue weighted by atomic mass is 32.2. The molecule has 14 heavy (non-hydrogen) atoms. The van der Waals surface area contributed by atoms with Crippen molar-refractivity contribution >= 4 is 31.4 Å². The van der Waals surface area contributed by atoms with Crippen LogP contribution in [0.4, 0.5) is 0 Å². The van der Waals surface area contributed by atoms with Crippen molar-refractivity contribution in [3.63, 3.8) is 0 Å². The molecule has 0 saturated carbocycles. The van der Waals surface area contributed by atoms with Crippen molar-refractivity contribution in [2.45, 2.75) is 16.0 Å². The fourth-order valence-corrected chi connectivity index (χ4v) is 3.93. The number of rotatable bonds is 2. The van der Waals surface area contributed by atoms with Crippen LogP contribution in [0.5, 0.6) is 0 Å². The zero-order valence-corrected chi connectivity index (χ0v) is 9.54. The van der Waals surface area contributed by atoms with Crippen molar-refractivity contribution in [3.8, 4) is 0 Å². The van der Waals surface area contributed by atoms with Gasteiger partial charge in [-0.3, -0.25) is 0 Å². The van der Waals surface area contributed by atoms with Gasteiger partial charge >= 0.3 is 0 Å². The Hall–Kier alpha value is -0.480. The molecule has 1 heterocycles. The highest BCUT2D eigenvalue weighted by Gasteiger charge is 2.20. The van der Waals surface area contributed by atoms with Crippen LogP contribution in [0.1, 0.15) is 4.88 Å². The van der Waals surface area contributed by atoms with Crippen molar-refractivity contribution in [1.82, 2.24) is 0 Å². The molecule has 1 aromatic rings. The summed E-state index contributed by atoms with van der Waals surface area (Å²) < 4.78 is 43.4. The number of hydrogen-bond donors (Lipinski definition) is 2. The normalized spacial score (nSPS) is 13.1. The van der Waals surface area contributed by atoms with E-state index in [0.29, 0.717) is 4.88 Å². The molecule has 0 radical (unpaired) electrons. The summed E-state index contributed by atoms with van der Waals surface area (Å²) in [6.45, 7) is 1.46. The Kier molecular flexibility index (Phi) is 2.71. The second-order valence-corrected chi connectivity index (χ2v) is 7.15. The summed E-state index contributed by atoms with van der Waals surface area (Å²) in [5, 5.41) is 9.69. The molecule has 0 spiro atoms. The summed E-state index contributed by atoms with van der Waals surface area (Å²) in [6.07, 6.45) is 0. The molecule has 1 aromatic heterocycles. The number of thiophene rings is 1. The second kappa shape index (κ2) is 3.28. The summed E-state index contributed by atoms with van der Waals surface area (Å²) >= 11 is 0.776. The van der Waals surface area contributed by atoms with E-state index in [1.54, 1.807) is 0 Å². The largest absolute Gasteiger partial charge is 0.247 e. The molecule has 4 N–H and O–H groups in total. The minimum absolute atomic E-state index is 0.202. The van der Waals surface area contributed by atoms with Crippen LogP contribution < -0.4 is 10.3 Å². The monoisotopic (exact) mass is 256 g/mol. The lowest BCUT2D eigenvalue weighted by Crippen LogP contribution is -2.13. The maximum absolute atomic E-state index is 10.9. The molecule has 0 aliphatic carbocycles. The first kappa shape index (κ1) is 11.6. The van der Waals surface area contributed by atoms with Crippen LogP contribution in [-0.4, -0.2) is 16.8 Å². The number of primary sulfonamides is 2. The van der Waals surface area contributed by atoms with Crippen LogP contribution in [0, 0.1) is 6.92 Å². The molecule has 80 valence electrons. The number of hydrogen-bond acceptors (Lipinski definition) is 5. The molecule has 0 saturated heterocycles. The van der Waals surface area contributed by atoms with Crippen LogP contribution in [-0.2, 0) is 20.0 Å². The lowest BCUT2D eigenvalue weighted by molar-refractivity contribution is 0.597. The quantitative estimate of drug-likeness (QED) is 0.730. The average molecular weight is 256 g/mol. The van der Waals surface area contributed by atoms with Gasteiger partial charge < -0.3 is 0 Å². The molecule has 0 bridgehead atoms. The van der Waals surface area contributed by atoms with Gasteiger partial charge in [0.1, 0.15) is 4.21 Å². The third-order valence-electron chi connectivity index (χ3n) is 1.44. The third-order valence-corrected chi connectivity index (χ3v) is 5.07. The van der Waals surface area contributed by atoms with E-state index < -0.39 is 20.0 Å². The third kappa shape index (κ3) is 2.30. The van der Waals surface area contributed by atoms with E-state index >= 15 is 0 Å². The standard InChI is InChI=1S/C5H8N2O4S3/c1-3-4(13(6,8)9)2-5(12-3)14(7,10)11/h2H,1H3,(H2,6,8,9)(H2,7,10,11). The Labute approximate surface area is 85.6 Å². The van der Waals surface area contributed by atoms with Crippen LogP contribution in [0.2, 0.25) is 0 Å². The molecule has 0 aliphatic rings. The van der Waals surface area contributed by atoms with Gasteiger partial charge in [-0.05, 0) is 13.0 Å². The zero-order valence-electron chi connectivity index (χ0n) is 7.09. The molecule has 0 atom stereocenters. The lowest BCUT2D eigenvalue weighted by Gasteiger charge is -1.92. The van der Waals surface area contributed by atoms with Gasteiger partial charge in [0.15, 0.2) is 0 Å². The fourth-order valence-electron chi connectivity index (χ4n) is 0.862. The first-order chi connectivity index (χ1) is 6.12. The topological polar surface area (TPSA) is 120 Å². The Morgan fingerprint density at radius 2 is 1.64 bits per heavy atom. The van der Waals surface area contributed by atoms with Gasteiger partial charge in [0.05, 0.1) is 4.90 Å². The first-order valence-electron chi connectivity index (χ1n) is 3.28. The van der Waals surface area contributed by atoms with Crippen molar-refractivity contribution in [2.24, 2.45) is 10.3 Å². The Morgan fingerprint density at radius 1 is 1.14 bits per heavy atom. The SMILES string of the molecule is Cc1sc(S(N)(=O)=O)cc1S(N)(=O)=O. The molecular formula is C5H8N2O4S3. The first-order valence-corrected chi connectivity index (χ1v) is 7.19. The molecule has 0 aromatic carbocycles. The summed E-state index contributed by atoms with van der Waals surface area (Å²) in [7, 11) is -7.75. The molecule has 0 fully saturated rings. The van der Waals surface area contributed by atoms with Gasteiger partial charge in [-0.15, -0.1) is 11.3 Å². The van der Waals surface area contributed by atoms with E-state index in [1.807, 2.05) is 0 Å². The van der Waals surface area contributed by atoms with Gasteiger partial charge in [0.25, 0.3) is 0 Å². The van der Waals surface area contributed by atoms with E-state index in [1.165, 1.54) is 6.92 Å². The van der Waals surface area contributed by atoms with E-state index in [-0.39, 0.29) is 9.10 Å². The molecule has 0 aliphatic heterocycles. The van der Waals surface area contributed by atoms with Gasteiger partial charge in [-0.1, -0.05) is 0 Å². The van der Waals surface area contributed by atoms with Crippen LogP contribution in [0.25, 0.3) is 0 Å². The summed E-state index contributed by atoms with van der Waals surface area (Å²) in [4.78, 5) is 0.100. The zero-order chi connectivity index (χ0) is 11.1. The highest BCUT2D eigenvalue weighted by Crippen LogP contribution is 2.27. The summed E-state index contributed by atoms with van der Waals surface area (Å²) in [6, 6.07) is 0.963. The van der Waals surface area contributed by atoms with Crippen LogP contribution in [0.3, 0.4) is 0 Å². The van der Waals surface area contributed by atoms with E-state index in [4.69, 9.17) is 10.3 Å². The van der Waals surface area contributed by atoms with Gasteiger partial charge in [0, 0.05) is 4.88 Å². The van der Waals surface area contributed by atoms with Crippen molar-refractivity contribution in [1.29, 1.82) is 0 Å². The Bertz CT molecular complexity index is 554. The smallest absolute Gasteiger partial charge is 0.225 e. The lowest BCUT2D eigenvalue weighted by atomic mass is 10.5. The molecule has 6 nitrogen and oxygen atoms in total. The second-order valence-electron chi connectivity index (χ2n) is 2.58. The minimum atomic E-state index is -3.88. The molecule has 0 unspecified atom stereocenters. The van der Waals surface area contributed by atoms with Crippen LogP contribution >= 0.6 is 11.3 Å². The molecular weight excluding hydrogens is 248 g/mol. The maximum atomic E-state index is 10.9. The minimum Gasteiger partial charge on any atom is -0.225 e. The van der Waals surface area contributed by atoms with Crippen LogP contribution in [0.15, 0.2) is 15.2 Å². The average Bonchev–Trinajstić information content (AvgIpc) is 2.27. The highest BCUT2D eigenvalue weighted by molar-refractivity contribution is 7.92. The van der Waals surface area contributed by atoms with Crippen molar-refractivity contribution in [3.05, 3.63) is 10.9 Å². The number of nitrogens with two attached hydrogens (primary N) is 2. The fraction of sp³-hybridized carbons (Fsp3) is 0.200. The molecule has 9 heteroatoms. The maximum Gasteiger partial charge on any atom is 0.247 e. The van der Waals surface area contributed by atoms with E-state index in [9.17, 15) is 16.8 Å². The summed E-state index contributed by atoms with van der Waals surface area (Å²) in [5.41, 5.74) is 0. The Morgan fingerprint density at radius 3 is 1.86 bits per heavy atom. The van der Waals surface area contributed by atoms with Gasteiger partial charge in [-0.2, -0.15) is 0 Å². The van der Waals surface area contributed by atoms with E-state index in [0.717, 1.165) is 17.4 Å². The predicted octanol–water partition coefficient (Wildman–Crippen LogP) is -0.649. The number of aryl methyl sites for hydroxylation is 1. The number of sulfonamides is 2.